The molecule has 0 unspecified atom stereocenters. The van der Waals surface area contributed by atoms with Gasteiger partial charge in [-0.3, -0.25) is 9.48 Å². The number of carbonyl (C=O) groups is 1. The van der Waals surface area contributed by atoms with E-state index in [1.54, 1.807) is 25.0 Å². The molecule has 0 radical (unpaired) electrons. The van der Waals surface area contributed by atoms with Crippen molar-refractivity contribution >= 4 is 5.78 Å². The minimum Gasteiger partial charge on any atom is -0.493 e. The van der Waals surface area contributed by atoms with Gasteiger partial charge in [0.2, 0.25) is 0 Å². The number of aromatic nitrogens is 2. The predicted molar refractivity (Wildman–Crippen MR) is 70.6 cm³/mol. The van der Waals surface area contributed by atoms with E-state index < -0.39 is 0 Å². The zero-order valence-corrected chi connectivity index (χ0v) is 11.5. The van der Waals surface area contributed by atoms with Crippen molar-refractivity contribution in [3.63, 3.8) is 0 Å². The van der Waals surface area contributed by atoms with E-state index in [-0.39, 0.29) is 11.9 Å². The van der Waals surface area contributed by atoms with Gasteiger partial charge in [0.15, 0.2) is 11.5 Å². The lowest BCUT2D eigenvalue weighted by atomic mass is 10.1. The number of nitrogens with zero attached hydrogens (tertiary/aromatic N) is 2. The van der Waals surface area contributed by atoms with Crippen LogP contribution in [0.2, 0.25) is 0 Å². The third kappa shape index (κ3) is 3.54. The van der Waals surface area contributed by atoms with Crippen LogP contribution in [0.3, 0.4) is 0 Å². The summed E-state index contributed by atoms with van der Waals surface area (Å²) in [5.74, 6) is 0.528. The van der Waals surface area contributed by atoms with Gasteiger partial charge in [-0.05, 0) is 25.9 Å². The van der Waals surface area contributed by atoms with Gasteiger partial charge in [0.25, 0.3) is 0 Å². The third-order valence-corrected chi connectivity index (χ3v) is 3.36. The first-order chi connectivity index (χ1) is 9.22. The molecule has 0 saturated carbocycles. The highest BCUT2D eigenvalue weighted by atomic mass is 16.5. The van der Waals surface area contributed by atoms with Crippen LogP contribution in [0.4, 0.5) is 0 Å². The Bertz CT molecular complexity index is 425. The highest BCUT2D eigenvalue weighted by Crippen LogP contribution is 2.18. The Labute approximate surface area is 113 Å². The largest absolute Gasteiger partial charge is 0.493 e. The Hall–Kier alpha value is -1.40. The summed E-state index contributed by atoms with van der Waals surface area (Å²) in [6.45, 7) is 2.44. The Morgan fingerprint density at radius 2 is 2.26 bits per heavy atom. The standard InChI is InChI=1S/C13H21N3O3/c1-16-13(12(18-2)9-15-16)11(17)5-8-19-10-3-6-14-7-4-10/h9-10,14H,3-8H2,1-2H3. The van der Waals surface area contributed by atoms with Gasteiger partial charge in [-0.2, -0.15) is 5.10 Å². The molecule has 0 amide bonds. The molecule has 6 heteroatoms. The maximum atomic E-state index is 12.1. The fourth-order valence-corrected chi connectivity index (χ4v) is 2.28. The number of carbonyl (C=O) groups excluding carboxylic acids is 1. The minimum atomic E-state index is 0.00536. The van der Waals surface area contributed by atoms with E-state index in [2.05, 4.69) is 10.4 Å². The van der Waals surface area contributed by atoms with Crippen LogP contribution >= 0.6 is 0 Å². The topological polar surface area (TPSA) is 65.4 Å². The third-order valence-electron chi connectivity index (χ3n) is 3.36. The summed E-state index contributed by atoms with van der Waals surface area (Å²) in [4.78, 5) is 12.1. The molecular formula is C13H21N3O3. The normalized spacial score (nSPS) is 16.5. The molecule has 1 aliphatic rings. The molecule has 0 aliphatic carbocycles. The van der Waals surface area contributed by atoms with Gasteiger partial charge in [0.1, 0.15) is 5.69 Å². The van der Waals surface area contributed by atoms with Crippen LogP contribution in [0.5, 0.6) is 5.75 Å². The number of methoxy groups -OCH3 is 1. The molecule has 0 atom stereocenters. The van der Waals surface area contributed by atoms with Crippen molar-refractivity contribution in [3.8, 4) is 5.75 Å². The van der Waals surface area contributed by atoms with E-state index in [0.717, 1.165) is 25.9 Å². The molecule has 1 aromatic heterocycles. The zero-order chi connectivity index (χ0) is 13.7. The van der Waals surface area contributed by atoms with E-state index in [4.69, 9.17) is 9.47 Å². The predicted octanol–water partition coefficient (Wildman–Crippen LogP) is 0.770. The van der Waals surface area contributed by atoms with E-state index >= 15 is 0 Å². The van der Waals surface area contributed by atoms with Crippen LogP contribution in [-0.2, 0) is 11.8 Å². The van der Waals surface area contributed by atoms with E-state index in [9.17, 15) is 4.79 Å². The second kappa shape index (κ2) is 6.68. The molecular weight excluding hydrogens is 246 g/mol. The monoisotopic (exact) mass is 267 g/mol. The Balaban J connectivity index is 1.82. The summed E-state index contributed by atoms with van der Waals surface area (Å²) < 4.78 is 12.4. The molecule has 19 heavy (non-hydrogen) atoms. The molecule has 106 valence electrons. The quantitative estimate of drug-likeness (QED) is 0.771. The first-order valence-electron chi connectivity index (χ1n) is 6.64. The first-order valence-corrected chi connectivity index (χ1v) is 6.64. The molecule has 1 aromatic rings. The molecule has 1 saturated heterocycles. The average Bonchev–Trinajstić information content (AvgIpc) is 2.81. The van der Waals surface area contributed by atoms with Crippen molar-refractivity contribution in [2.45, 2.75) is 25.4 Å². The number of Topliss-reactive ketones (excluding diaryl/α,β-unsaturated/α-hetero) is 1. The minimum absolute atomic E-state index is 0.00536. The SMILES string of the molecule is COc1cnn(C)c1C(=O)CCOC1CCNCC1. The number of aryl methyl sites for hydroxylation is 1. The molecule has 0 bridgehead atoms. The maximum Gasteiger partial charge on any atom is 0.186 e. The summed E-state index contributed by atoms with van der Waals surface area (Å²) in [5.41, 5.74) is 0.511. The lowest BCUT2D eigenvalue weighted by Gasteiger charge is -2.22. The summed E-state index contributed by atoms with van der Waals surface area (Å²) in [6.07, 6.45) is 4.23. The number of ether oxygens (including phenoxy) is 2. The summed E-state index contributed by atoms with van der Waals surface area (Å²) in [6, 6.07) is 0. The molecule has 1 aliphatic heterocycles. The van der Waals surface area contributed by atoms with Gasteiger partial charge in [-0.15, -0.1) is 0 Å². The van der Waals surface area contributed by atoms with Gasteiger partial charge in [0, 0.05) is 13.5 Å². The molecule has 1 N–H and O–H groups in total. The number of rotatable bonds is 6. The fourth-order valence-electron chi connectivity index (χ4n) is 2.28. The van der Waals surface area contributed by atoms with Crippen molar-refractivity contribution in [1.29, 1.82) is 0 Å². The highest BCUT2D eigenvalue weighted by molar-refractivity contribution is 5.97. The molecule has 0 spiro atoms. The smallest absolute Gasteiger partial charge is 0.186 e. The summed E-state index contributed by atoms with van der Waals surface area (Å²) in [5, 5.41) is 7.31. The van der Waals surface area contributed by atoms with Crippen molar-refractivity contribution in [3.05, 3.63) is 11.9 Å². The summed E-state index contributed by atoms with van der Waals surface area (Å²) >= 11 is 0. The van der Waals surface area contributed by atoms with Crippen LogP contribution in [0.15, 0.2) is 6.20 Å². The van der Waals surface area contributed by atoms with E-state index in [1.165, 1.54) is 0 Å². The van der Waals surface area contributed by atoms with Gasteiger partial charge >= 0.3 is 0 Å². The number of hydrogen-bond donors (Lipinski definition) is 1. The maximum absolute atomic E-state index is 12.1. The molecule has 0 aromatic carbocycles. The average molecular weight is 267 g/mol. The summed E-state index contributed by atoms with van der Waals surface area (Å²) in [7, 11) is 3.28. The van der Waals surface area contributed by atoms with Crippen molar-refractivity contribution in [1.82, 2.24) is 15.1 Å². The molecule has 6 nitrogen and oxygen atoms in total. The highest BCUT2D eigenvalue weighted by Gasteiger charge is 2.18. The van der Waals surface area contributed by atoms with Crippen LogP contribution < -0.4 is 10.1 Å². The number of piperidine rings is 1. The van der Waals surface area contributed by atoms with Crippen molar-refractivity contribution < 1.29 is 14.3 Å². The van der Waals surface area contributed by atoms with Crippen LogP contribution in [-0.4, -0.2) is 48.5 Å². The van der Waals surface area contributed by atoms with Gasteiger partial charge < -0.3 is 14.8 Å². The number of hydrogen-bond acceptors (Lipinski definition) is 5. The van der Waals surface area contributed by atoms with Gasteiger partial charge in [0.05, 0.1) is 26.0 Å². The second-order valence-electron chi connectivity index (χ2n) is 4.68. The molecule has 1 fully saturated rings. The first kappa shape index (κ1) is 14.0. The Morgan fingerprint density at radius 1 is 1.53 bits per heavy atom. The van der Waals surface area contributed by atoms with Crippen LogP contribution in [0.1, 0.15) is 29.8 Å². The Kier molecular flexibility index (Phi) is 4.93. The van der Waals surface area contributed by atoms with Crippen LogP contribution in [0, 0.1) is 0 Å². The van der Waals surface area contributed by atoms with Gasteiger partial charge in [-0.1, -0.05) is 0 Å². The fraction of sp³-hybridized carbons (Fsp3) is 0.692. The van der Waals surface area contributed by atoms with E-state index in [1.807, 2.05) is 0 Å². The second-order valence-corrected chi connectivity index (χ2v) is 4.68. The molecule has 2 heterocycles. The number of nitrogens with one attached hydrogen (secondary N) is 1. The zero-order valence-electron chi connectivity index (χ0n) is 11.5. The lowest BCUT2D eigenvalue weighted by Crippen LogP contribution is -2.32. The van der Waals surface area contributed by atoms with Crippen molar-refractivity contribution in [2.24, 2.45) is 7.05 Å². The van der Waals surface area contributed by atoms with Gasteiger partial charge in [-0.25, -0.2) is 0 Å². The van der Waals surface area contributed by atoms with Crippen molar-refractivity contribution in [2.75, 3.05) is 26.8 Å². The van der Waals surface area contributed by atoms with Crippen LogP contribution in [0.25, 0.3) is 0 Å². The van der Waals surface area contributed by atoms with E-state index in [0.29, 0.717) is 24.5 Å². The Morgan fingerprint density at radius 3 is 2.95 bits per heavy atom. The number of ketones is 1. The molecule has 2 rings (SSSR count). The lowest BCUT2D eigenvalue weighted by molar-refractivity contribution is 0.0311.